The van der Waals surface area contributed by atoms with Crippen molar-refractivity contribution in [3.63, 3.8) is 0 Å². The average Bonchev–Trinajstić information content (AvgIpc) is 3.22. The van der Waals surface area contributed by atoms with E-state index in [1.807, 2.05) is 12.1 Å². The van der Waals surface area contributed by atoms with Crippen LogP contribution in [0.5, 0.6) is 0 Å². The van der Waals surface area contributed by atoms with E-state index in [2.05, 4.69) is 15.5 Å². The molecule has 0 unspecified atom stereocenters. The second-order valence-corrected chi connectivity index (χ2v) is 9.51. The van der Waals surface area contributed by atoms with E-state index < -0.39 is 42.2 Å². The van der Waals surface area contributed by atoms with Crippen LogP contribution in [0.15, 0.2) is 48.5 Å². The summed E-state index contributed by atoms with van der Waals surface area (Å²) in [4.78, 5) is 26.7. The van der Waals surface area contributed by atoms with E-state index in [0.29, 0.717) is 19.0 Å². The van der Waals surface area contributed by atoms with Crippen LogP contribution in [0.2, 0.25) is 0 Å². The first kappa shape index (κ1) is 26.1. The lowest BCUT2D eigenvalue weighted by molar-refractivity contribution is -0.137. The molecule has 1 heterocycles. The van der Waals surface area contributed by atoms with Gasteiger partial charge in [-0.15, -0.1) is 0 Å². The van der Waals surface area contributed by atoms with E-state index in [1.165, 1.54) is 18.2 Å². The number of carbonyl (C=O) groups is 2. The van der Waals surface area contributed by atoms with Gasteiger partial charge in [0.15, 0.2) is 0 Å². The Kier molecular flexibility index (Phi) is 7.94. The topological polar surface area (TPSA) is 81.7 Å². The summed E-state index contributed by atoms with van der Waals surface area (Å²) in [5.41, 5.74) is -0.00459. The Morgan fingerprint density at radius 1 is 1.00 bits per heavy atom. The molecule has 0 radical (unpaired) electrons. The molecule has 4 rings (SSSR count). The molecule has 36 heavy (non-hydrogen) atoms. The monoisotopic (exact) mass is 507 g/mol. The minimum absolute atomic E-state index is 0.194. The van der Waals surface area contributed by atoms with E-state index >= 15 is 0 Å². The minimum Gasteiger partial charge on any atom is -0.390 e. The molecule has 10 heteroatoms. The van der Waals surface area contributed by atoms with E-state index in [-0.39, 0.29) is 17.4 Å². The van der Waals surface area contributed by atoms with Crippen molar-refractivity contribution in [2.75, 3.05) is 19.6 Å². The largest absolute Gasteiger partial charge is 0.416 e. The lowest BCUT2D eigenvalue weighted by Crippen LogP contribution is -2.47. The number of hydrogen-bond acceptors (Lipinski definition) is 4. The molecule has 1 saturated carbocycles. The standard InChI is InChI=1S/C26H29F4N3O3/c27-20-8-4-16(5-9-20)17-6-10-21(11-7-17)33-14-22(23(34)15-33)32-24(35)13-31-25(36)18-2-1-3-19(12-18)26(28,29)30/h1-5,8-9,12,17,21-23,34H,6-7,10-11,13-15H2,(H,31,36)(H,32,35)/t17?,21?,22-,23-/m0/s1. The van der Waals surface area contributed by atoms with Gasteiger partial charge in [0.1, 0.15) is 5.82 Å². The van der Waals surface area contributed by atoms with Crippen LogP contribution in [0, 0.1) is 5.82 Å². The Labute approximate surface area is 206 Å². The van der Waals surface area contributed by atoms with Crippen molar-refractivity contribution in [3.8, 4) is 0 Å². The van der Waals surface area contributed by atoms with Crippen LogP contribution < -0.4 is 10.6 Å². The summed E-state index contributed by atoms with van der Waals surface area (Å²) in [6, 6.07) is 10.4. The number of likely N-dealkylation sites (tertiary alicyclic amines) is 1. The number of β-amino-alcohol motifs (C(OH)–C–C–N with tert-alkyl or cyclic N) is 1. The second-order valence-electron chi connectivity index (χ2n) is 9.51. The highest BCUT2D eigenvalue weighted by atomic mass is 19.4. The van der Waals surface area contributed by atoms with E-state index in [1.54, 1.807) is 0 Å². The zero-order valence-electron chi connectivity index (χ0n) is 19.6. The second kappa shape index (κ2) is 11.0. The van der Waals surface area contributed by atoms with Crippen LogP contribution >= 0.6 is 0 Å². The summed E-state index contributed by atoms with van der Waals surface area (Å²) >= 11 is 0. The fraction of sp³-hybridized carbons (Fsp3) is 0.462. The Bertz CT molecular complexity index is 1070. The zero-order chi connectivity index (χ0) is 25.9. The highest BCUT2D eigenvalue weighted by molar-refractivity contribution is 5.96. The first-order chi connectivity index (χ1) is 17.1. The molecule has 1 aliphatic heterocycles. The third-order valence-corrected chi connectivity index (χ3v) is 7.08. The van der Waals surface area contributed by atoms with Crippen molar-refractivity contribution in [1.82, 2.24) is 15.5 Å². The molecule has 0 bridgehead atoms. The lowest BCUT2D eigenvalue weighted by atomic mass is 9.81. The number of nitrogens with one attached hydrogen (secondary N) is 2. The Hall–Kier alpha value is -2.98. The lowest BCUT2D eigenvalue weighted by Gasteiger charge is -2.34. The normalized spacial score (nSPS) is 24.9. The van der Waals surface area contributed by atoms with Crippen LogP contribution in [0.25, 0.3) is 0 Å². The predicted molar refractivity (Wildman–Crippen MR) is 125 cm³/mol. The van der Waals surface area contributed by atoms with Crippen molar-refractivity contribution < 1.29 is 32.3 Å². The van der Waals surface area contributed by atoms with Crippen LogP contribution in [0.4, 0.5) is 17.6 Å². The van der Waals surface area contributed by atoms with Crippen molar-refractivity contribution in [3.05, 3.63) is 71.0 Å². The molecule has 3 N–H and O–H groups in total. The Balaban J connectivity index is 1.23. The van der Waals surface area contributed by atoms with E-state index in [4.69, 9.17) is 0 Å². The summed E-state index contributed by atoms with van der Waals surface area (Å²) in [5.74, 6) is -1.18. The molecule has 1 aliphatic carbocycles. The highest BCUT2D eigenvalue weighted by Gasteiger charge is 2.37. The highest BCUT2D eigenvalue weighted by Crippen LogP contribution is 2.36. The molecule has 6 nitrogen and oxygen atoms in total. The maximum Gasteiger partial charge on any atom is 0.416 e. The molecule has 0 aromatic heterocycles. The minimum atomic E-state index is -4.57. The molecule has 2 aromatic carbocycles. The zero-order valence-corrected chi connectivity index (χ0v) is 19.6. The van der Waals surface area contributed by atoms with Gasteiger partial charge < -0.3 is 15.7 Å². The number of halogens is 4. The van der Waals surface area contributed by atoms with Gasteiger partial charge in [0, 0.05) is 24.7 Å². The Morgan fingerprint density at radius 3 is 2.36 bits per heavy atom. The number of aliphatic hydroxyl groups excluding tert-OH is 1. The molecular formula is C26H29F4N3O3. The summed E-state index contributed by atoms with van der Waals surface area (Å²) in [6.07, 6.45) is -1.55. The van der Waals surface area contributed by atoms with Gasteiger partial charge in [-0.1, -0.05) is 18.2 Å². The summed E-state index contributed by atoms with van der Waals surface area (Å²) in [6.45, 7) is 0.481. The maximum atomic E-state index is 13.2. The number of nitrogens with zero attached hydrogens (tertiary/aromatic N) is 1. The molecule has 2 fully saturated rings. The maximum absolute atomic E-state index is 13.2. The molecule has 2 atom stereocenters. The number of amides is 2. The van der Waals surface area contributed by atoms with Gasteiger partial charge in [-0.05, 0) is 67.5 Å². The van der Waals surface area contributed by atoms with Gasteiger partial charge in [-0.3, -0.25) is 14.5 Å². The molecule has 2 aliphatic rings. The summed E-state index contributed by atoms with van der Waals surface area (Å²) in [7, 11) is 0. The average molecular weight is 508 g/mol. The van der Waals surface area contributed by atoms with E-state index in [9.17, 15) is 32.3 Å². The fourth-order valence-corrected chi connectivity index (χ4v) is 5.12. The van der Waals surface area contributed by atoms with Gasteiger partial charge >= 0.3 is 6.18 Å². The van der Waals surface area contributed by atoms with Crippen LogP contribution in [0.1, 0.15) is 53.1 Å². The number of aliphatic hydroxyl groups is 1. The first-order valence-electron chi connectivity index (χ1n) is 12.0. The quantitative estimate of drug-likeness (QED) is 0.524. The predicted octanol–water partition coefficient (Wildman–Crippen LogP) is 3.46. The number of alkyl halides is 3. The molecular weight excluding hydrogens is 478 g/mol. The molecule has 194 valence electrons. The molecule has 2 amide bonds. The number of carbonyl (C=O) groups excluding carboxylic acids is 2. The summed E-state index contributed by atoms with van der Waals surface area (Å²) in [5, 5.41) is 15.5. The number of hydrogen-bond donors (Lipinski definition) is 3. The molecule has 1 saturated heterocycles. The van der Waals surface area contributed by atoms with Crippen molar-refractivity contribution >= 4 is 11.8 Å². The Morgan fingerprint density at radius 2 is 1.69 bits per heavy atom. The van der Waals surface area contributed by atoms with Gasteiger partial charge in [-0.25, -0.2) is 4.39 Å². The third kappa shape index (κ3) is 6.41. The SMILES string of the molecule is O=C(CNC(=O)c1cccc(C(F)(F)F)c1)N[C@H]1CN(C2CCC(c3ccc(F)cc3)CC2)C[C@@H]1O. The van der Waals surface area contributed by atoms with Crippen molar-refractivity contribution in [2.24, 2.45) is 0 Å². The van der Waals surface area contributed by atoms with Crippen LogP contribution in [-0.4, -0.2) is 59.6 Å². The summed E-state index contributed by atoms with van der Waals surface area (Å²) < 4.78 is 51.7. The molecule has 0 spiro atoms. The fourth-order valence-electron chi connectivity index (χ4n) is 5.12. The van der Waals surface area contributed by atoms with E-state index in [0.717, 1.165) is 49.4 Å². The van der Waals surface area contributed by atoms with Gasteiger partial charge in [0.05, 0.1) is 24.3 Å². The van der Waals surface area contributed by atoms with Gasteiger partial charge in [0.2, 0.25) is 5.91 Å². The number of benzene rings is 2. The number of rotatable bonds is 6. The molecule has 2 aromatic rings. The third-order valence-electron chi connectivity index (χ3n) is 7.08. The van der Waals surface area contributed by atoms with Gasteiger partial charge in [0.25, 0.3) is 5.91 Å². The van der Waals surface area contributed by atoms with Crippen molar-refractivity contribution in [1.29, 1.82) is 0 Å². The van der Waals surface area contributed by atoms with Crippen LogP contribution in [-0.2, 0) is 11.0 Å². The van der Waals surface area contributed by atoms with Gasteiger partial charge in [-0.2, -0.15) is 13.2 Å². The van der Waals surface area contributed by atoms with Crippen LogP contribution in [0.3, 0.4) is 0 Å². The van der Waals surface area contributed by atoms with Crippen molar-refractivity contribution in [2.45, 2.75) is 56.0 Å². The smallest absolute Gasteiger partial charge is 0.390 e. The first-order valence-corrected chi connectivity index (χ1v) is 12.0.